The van der Waals surface area contributed by atoms with Crippen LogP contribution < -0.4 is 4.90 Å². The summed E-state index contributed by atoms with van der Waals surface area (Å²) in [6, 6.07) is 12.7. The normalized spacial score (nSPS) is 18.7. The average Bonchev–Trinajstić information content (AvgIpc) is 2.99. The molecule has 0 bridgehead atoms. The lowest BCUT2D eigenvalue weighted by atomic mass is 9.76. The van der Waals surface area contributed by atoms with E-state index < -0.39 is 0 Å². The standard InChI is InChI=1S/C20H20N4S/c25-18-6-5-16-19(23-18)21-13-17(22-16)24-9-7-20(8-10-24)11-14-3-1-2-4-15(14)12-20/h1-6,13H,7-12H2,(H,21,23,25). The lowest BCUT2D eigenvalue weighted by Crippen LogP contribution is -2.41. The van der Waals surface area contributed by atoms with Crippen molar-refractivity contribution in [1.82, 2.24) is 15.0 Å². The van der Waals surface area contributed by atoms with E-state index in [0.717, 1.165) is 24.4 Å². The van der Waals surface area contributed by atoms with Crippen molar-refractivity contribution in [2.75, 3.05) is 18.0 Å². The van der Waals surface area contributed by atoms with Gasteiger partial charge >= 0.3 is 0 Å². The van der Waals surface area contributed by atoms with E-state index in [1.807, 2.05) is 18.3 Å². The maximum atomic E-state index is 4.76. The zero-order valence-corrected chi connectivity index (χ0v) is 14.9. The van der Waals surface area contributed by atoms with E-state index in [2.05, 4.69) is 51.8 Å². The van der Waals surface area contributed by atoms with E-state index in [1.165, 1.54) is 25.7 Å². The van der Waals surface area contributed by atoms with Gasteiger partial charge in [-0.3, -0.25) is 0 Å². The molecule has 0 atom stereocenters. The summed E-state index contributed by atoms with van der Waals surface area (Å²) in [6.45, 7) is 2.10. The zero-order valence-electron chi connectivity index (χ0n) is 14.0. The van der Waals surface area contributed by atoms with Crippen LogP contribution in [0.5, 0.6) is 0 Å². The first-order chi connectivity index (χ1) is 12.2. The molecule has 1 spiro atoms. The first-order valence-corrected chi connectivity index (χ1v) is 9.30. The minimum Gasteiger partial charge on any atom is -0.355 e. The number of benzene rings is 1. The number of rotatable bonds is 1. The molecule has 4 nitrogen and oxygen atoms in total. The molecule has 3 aromatic rings. The molecular weight excluding hydrogens is 328 g/mol. The lowest BCUT2D eigenvalue weighted by Gasteiger charge is -2.39. The van der Waals surface area contributed by atoms with Gasteiger partial charge in [-0.25, -0.2) is 15.0 Å². The fourth-order valence-electron chi connectivity index (χ4n) is 4.37. The van der Waals surface area contributed by atoms with E-state index in [4.69, 9.17) is 4.98 Å². The van der Waals surface area contributed by atoms with Crippen LogP contribution in [0.15, 0.2) is 47.6 Å². The monoisotopic (exact) mass is 348 g/mol. The van der Waals surface area contributed by atoms with Gasteiger partial charge < -0.3 is 4.90 Å². The number of piperidine rings is 1. The van der Waals surface area contributed by atoms with Crippen LogP contribution in [0.1, 0.15) is 24.0 Å². The van der Waals surface area contributed by atoms with Crippen molar-refractivity contribution in [2.24, 2.45) is 5.41 Å². The zero-order chi connectivity index (χ0) is 16.9. The molecule has 0 unspecified atom stereocenters. The van der Waals surface area contributed by atoms with Gasteiger partial charge in [-0.1, -0.05) is 24.3 Å². The van der Waals surface area contributed by atoms with Crippen LogP contribution in [-0.2, 0) is 12.8 Å². The van der Waals surface area contributed by atoms with E-state index in [0.29, 0.717) is 16.1 Å². The van der Waals surface area contributed by atoms with Crippen molar-refractivity contribution in [3.63, 3.8) is 0 Å². The van der Waals surface area contributed by atoms with Crippen molar-refractivity contribution in [3.05, 3.63) is 53.7 Å². The number of anilines is 1. The highest BCUT2D eigenvalue weighted by atomic mass is 32.1. The van der Waals surface area contributed by atoms with Crippen LogP contribution in [0.25, 0.3) is 11.2 Å². The average molecular weight is 348 g/mol. The molecule has 2 aromatic heterocycles. The largest absolute Gasteiger partial charge is 0.355 e. The van der Waals surface area contributed by atoms with E-state index in [9.17, 15) is 0 Å². The quantitative estimate of drug-likeness (QED) is 0.681. The number of fused-ring (bicyclic) bond motifs is 2. The highest BCUT2D eigenvalue weighted by Gasteiger charge is 2.39. The molecular formula is C20H20N4S. The second kappa shape index (κ2) is 5.70. The lowest BCUT2D eigenvalue weighted by molar-refractivity contribution is 0.232. The first-order valence-electron chi connectivity index (χ1n) is 8.85. The maximum absolute atomic E-state index is 4.76. The second-order valence-corrected chi connectivity index (χ2v) is 7.81. The van der Waals surface area contributed by atoms with Crippen molar-refractivity contribution in [2.45, 2.75) is 30.7 Å². The van der Waals surface area contributed by atoms with Crippen LogP contribution in [-0.4, -0.2) is 28.0 Å². The number of pyridine rings is 1. The topological polar surface area (TPSA) is 41.9 Å². The number of hydrogen-bond donors (Lipinski definition) is 1. The summed E-state index contributed by atoms with van der Waals surface area (Å²) in [6.07, 6.45) is 6.75. The molecule has 5 rings (SSSR count). The second-order valence-electron chi connectivity index (χ2n) is 7.35. The van der Waals surface area contributed by atoms with Crippen LogP contribution in [0.3, 0.4) is 0 Å². The smallest absolute Gasteiger partial charge is 0.179 e. The van der Waals surface area contributed by atoms with Gasteiger partial charge in [-0.05, 0) is 54.4 Å². The van der Waals surface area contributed by atoms with Crippen molar-refractivity contribution in [3.8, 4) is 0 Å². The maximum Gasteiger partial charge on any atom is 0.179 e. The molecule has 0 N–H and O–H groups in total. The van der Waals surface area contributed by atoms with Gasteiger partial charge in [0.25, 0.3) is 0 Å². The summed E-state index contributed by atoms with van der Waals surface area (Å²) < 4.78 is 0. The Morgan fingerprint density at radius 3 is 2.36 bits per heavy atom. The number of aromatic nitrogens is 3. The highest BCUT2D eigenvalue weighted by molar-refractivity contribution is 7.80. The fourth-order valence-corrected chi connectivity index (χ4v) is 4.54. The number of nitrogens with zero attached hydrogens (tertiary/aromatic N) is 4. The molecule has 2 aliphatic rings. The van der Waals surface area contributed by atoms with E-state index in [1.54, 1.807) is 11.1 Å². The van der Waals surface area contributed by atoms with Gasteiger partial charge in [0.15, 0.2) is 5.65 Å². The third-order valence-electron chi connectivity index (χ3n) is 5.77. The molecule has 0 amide bonds. The van der Waals surface area contributed by atoms with E-state index in [-0.39, 0.29) is 0 Å². The van der Waals surface area contributed by atoms with Gasteiger partial charge in [0.2, 0.25) is 0 Å². The van der Waals surface area contributed by atoms with Crippen LogP contribution in [0.2, 0.25) is 0 Å². The van der Waals surface area contributed by atoms with Crippen molar-refractivity contribution in [1.29, 1.82) is 0 Å². The summed E-state index contributed by atoms with van der Waals surface area (Å²) >= 11 is 4.27. The molecule has 0 radical (unpaired) electrons. The first kappa shape index (κ1) is 15.1. The Bertz CT molecular complexity index is 920. The molecule has 1 aromatic carbocycles. The van der Waals surface area contributed by atoms with Gasteiger partial charge in [-0.2, -0.15) is 0 Å². The molecule has 5 heteroatoms. The Morgan fingerprint density at radius 2 is 1.64 bits per heavy atom. The van der Waals surface area contributed by atoms with E-state index >= 15 is 0 Å². The number of hydrogen-bond acceptors (Lipinski definition) is 5. The summed E-state index contributed by atoms with van der Waals surface area (Å²) in [7, 11) is 0. The molecule has 126 valence electrons. The fraction of sp³-hybridized carbons (Fsp3) is 0.350. The Kier molecular flexibility index (Phi) is 3.45. The van der Waals surface area contributed by atoms with Gasteiger partial charge in [0.1, 0.15) is 11.3 Å². The van der Waals surface area contributed by atoms with Crippen LogP contribution in [0.4, 0.5) is 5.82 Å². The Labute approximate surface area is 152 Å². The van der Waals surface area contributed by atoms with Gasteiger partial charge in [0, 0.05) is 13.1 Å². The van der Waals surface area contributed by atoms with Gasteiger partial charge in [-0.15, -0.1) is 12.6 Å². The van der Waals surface area contributed by atoms with Crippen LogP contribution >= 0.6 is 12.6 Å². The highest BCUT2D eigenvalue weighted by Crippen LogP contribution is 2.44. The summed E-state index contributed by atoms with van der Waals surface area (Å²) in [5.74, 6) is 0.964. The Morgan fingerprint density at radius 1 is 0.920 bits per heavy atom. The number of thiol groups is 1. The molecule has 25 heavy (non-hydrogen) atoms. The Balaban J connectivity index is 1.35. The minimum absolute atomic E-state index is 0.451. The predicted molar refractivity (Wildman–Crippen MR) is 102 cm³/mol. The van der Waals surface area contributed by atoms with Crippen molar-refractivity contribution < 1.29 is 0 Å². The molecule has 0 saturated carbocycles. The Hall–Kier alpha value is -2.14. The summed E-state index contributed by atoms with van der Waals surface area (Å²) in [5.41, 5.74) is 5.05. The molecule has 1 aliphatic carbocycles. The summed E-state index contributed by atoms with van der Waals surface area (Å²) in [4.78, 5) is 15.9. The third kappa shape index (κ3) is 2.67. The third-order valence-corrected chi connectivity index (χ3v) is 6.02. The minimum atomic E-state index is 0.451. The van der Waals surface area contributed by atoms with Crippen LogP contribution in [0, 0.1) is 5.41 Å². The molecule has 1 fully saturated rings. The molecule has 1 saturated heterocycles. The van der Waals surface area contributed by atoms with Crippen molar-refractivity contribution >= 4 is 29.6 Å². The predicted octanol–water partition coefficient (Wildman–Crippen LogP) is 3.70. The SMILES string of the molecule is Sc1ccc2nc(N3CCC4(CC3)Cc3ccccc3C4)cnc2n1. The molecule has 3 heterocycles. The molecule has 1 aliphatic heterocycles. The summed E-state index contributed by atoms with van der Waals surface area (Å²) in [5, 5.41) is 0.676. The van der Waals surface area contributed by atoms with Gasteiger partial charge in [0.05, 0.1) is 11.2 Å².